The van der Waals surface area contributed by atoms with E-state index >= 15 is 0 Å². The molecule has 4 aromatic heterocycles. The number of aromatic nitrogens is 2. The van der Waals surface area contributed by atoms with E-state index < -0.39 is 32.3 Å². The summed E-state index contributed by atoms with van der Waals surface area (Å²) in [7, 11) is -7.47. The van der Waals surface area contributed by atoms with Gasteiger partial charge in [-0.15, -0.1) is 0 Å². The molecule has 0 bridgehead atoms. The monoisotopic (exact) mass is 1070 g/mol. The highest BCUT2D eigenvalue weighted by Crippen LogP contribution is 2.53. The first-order chi connectivity index (χ1) is 34.7. The topological polar surface area (TPSA) is 8.82 Å². The first-order valence-corrected chi connectivity index (χ1v) is 42.6. The summed E-state index contributed by atoms with van der Waals surface area (Å²) in [6.07, 6.45) is 0. The molecule has 4 heterocycles. The summed E-state index contributed by atoms with van der Waals surface area (Å²) in [6.45, 7) is 59.2. The fraction of sp³-hybridized carbons (Fsp3) is 0.400. The molecule has 76 heavy (non-hydrogen) atoms. The van der Waals surface area contributed by atoms with Crippen LogP contribution < -0.4 is 20.7 Å². The van der Waals surface area contributed by atoms with Crippen molar-refractivity contribution in [3.63, 3.8) is 0 Å². The van der Waals surface area contributed by atoms with E-state index in [1.165, 1.54) is 121 Å². The maximum Gasteiger partial charge on any atom is 0.0803 e. The summed E-state index contributed by atoms with van der Waals surface area (Å²) >= 11 is 0. The molecule has 11 aromatic rings. The van der Waals surface area contributed by atoms with Crippen LogP contribution in [0.5, 0.6) is 0 Å². The molecule has 11 rings (SSSR count). The second-order valence-corrected chi connectivity index (χ2v) is 52.0. The molecule has 0 aliphatic heterocycles. The lowest BCUT2D eigenvalue weighted by molar-refractivity contribution is 0.568. The van der Waals surface area contributed by atoms with Gasteiger partial charge >= 0.3 is 0 Å². The summed E-state index contributed by atoms with van der Waals surface area (Å²) in [6, 6.07) is 40.9. The molecule has 0 atom stereocenters. The predicted molar refractivity (Wildman–Crippen MR) is 353 cm³/mol. The average molecular weight is 1070 g/mol. The zero-order valence-corrected chi connectivity index (χ0v) is 55.1. The van der Waals surface area contributed by atoms with Gasteiger partial charge in [0.25, 0.3) is 0 Å². The molecular weight excluding hydrogens is 981 g/mol. The Morgan fingerprint density at radius 1 is 0.276 bits per heavy atom. The quantitative estimate of drug-likeness (QED) is 0.147. The Kier molecular flexibility index (Phi) is 11.4. The maximum absolute atomic E-state index is 2.80. The number of fused-ring (bicyclic) bond motifs is 14. The van der Waals surface area contributed by atoms with Crippen LogP contribution in [-0.2, 0) is 21.7 Å². The van der Waals surface area contributed by atoms with Gasteiger partial charge in [0.1, 0.15) is 0 Å². The van der Waals surface area contributed by atoms with Crippen LogP contribution in [0.1, 0.15) is 105 Å². The van der Waals surface area contributed by atoms with E-state index in [0.29, 0.717) is 0 Å². The van der Waals surface area contributed by atoms with Crippen LogP contribution in [0.25, 0.3) is 98.4 Å². The van der Waals surface area contributed by atoms with Gasteiger partial charge in [-0.05, 0) is 101 Å². The molecule has 0 amide bonds. The van der Waals surface area contributed by atoms with Crippen molar-refractivity contribution in [1.82, 2.24) is 8.80 Å². The molecule has 6 heteroatoms. The van der Waals surface area contributed by atoms with E-state index in [4.69, 9.17) is 0 Å². The molecule has 0 saturated heterocycles. The van der Waals surface area contributed by atoms with Crippen LogP contribution >= 0.6 is 0 Å². The molecule has 394 valence electrons. The first-order valence-electron chi connectivity index (χ1n) is 28.6. The van der Waals surface area contributed by atoms with Crippen molar-refractivity contribution in [2.24, 2.45) is 0 Å². The van der Waals surface area contributed by atoms with E-state index in [9.17, 15) is 0 Å². The summed E-state index contributed by atoms with van der Waals surface area (Å²) in [4.78, 5) is 0. The Morgan fingerprint density at radius 2 is 0.566 bits per heavy atom. The van der Waals surface area contributed by atoms with Crippen molar-refractivity contribution in [1.29, 1.82) is 0 Å². The molecule has 0 N–H and O–H groups in total. The zero-order chi connectivity index (χ0) is 55.5. The molecule has 0 unspecified atom stereocenters. The van der Waals surface area contributed by atoms with E-state index in [1.54, 1.807) is 20.7 Å². The van der Waals surface area contributed by atoms with Crippen LogP contribution in [0.4, 0.5) is 0 Å². The van der Waals surface area contributed by atoms with Gasteiger partial charge in [-0.25, -0.2) is 0 Å². The van der Waals surface area contributed by atoms with Gasteiger partial charge in [0.2, 0.25) is 0 Å². The first kappa shape index (κ1) is 53.0. The molecule has 7 aromatic carbocycles. The molecule has 0 aliphatic carbocycles. The minimum Gasteiger partial charge on any atom is -0.308 e. The molecule has 0 aliphatic rings. The van der Waals surface area contributed by atoms with Crippen molar-refractivity contribution in [3.05, 3.63) is 119 Å². The minimum absolute atomic E-state index is 0.0124. The van der Waals surface area contributed by atoms with Crippen LogP contribution in [-0.4, -0.2) is 41.1 Å². The van der Waals surface area contributed by atoms with Crippen LogP contribution in [0, 0.1) is 0 Å². The van der Waals surface area contributed by atoms with E-state index in [1.807, 2.05) is 0 Å². The van der Waals surface area contributed by atoms with E-state index in [-0.39, 0.29) is 21.7 Å². The van der Waals surface area contributed by atoms with Gasteiger partial charge in [-0.1, -0.05) is 245 Å². The molecule has 0 fully saturated rings. The lowest BCUT2D eigenvalue weighted by Gasteiger charge is -2.26. The molecular formula is C70H88N2Si4. The number of hydrogen-bond donors (Lipinski definition) is 0. The van der Waals surface area contributed by atoms with Crippen molar-refractivity contribution in [2.45, 2.75) is 183 Å². The average Bonchev–Trinajstić information content (AvgIpc) is 4.05. The minimum atomic E-state index is -1.95. The molecule has 2 nitrogen and oxygen atoms in total. The standard InChI is InChI=1S/C70H88N2Si4/c1-67(2,3)45-29-43(30-46(35-45)68(4,5)6)41-25-27-55-51(33-41)59-61-53-37-49(73(13,14)15)40-58(76(22,23)24)64(53)72-56-28-26-42(44-31-47(69(7,8)9)36-48(32-44)70(10,11)12)34-52(56)60(66(61)72)62-54-38-50(74(16,17)18)39-57(75(19,20)21)63(54)71(55)65(59)62/h25-40H,1-24H3. The van der Waals surface area contributed by atoms with Crippen molar-refractivity contribution < 1.29 is 0 Å². The Labute approximate surface area is 460 Å². The van der Waals surface area contributed by atoms with Crippen LogP contribution in [0.2, 0.25) is 78.6 Å². The summed E-state index contributed by atoms with van der Waals surface area (Å²) < 4.78 is 5.61. The third kappa shape index (κ3) is 8.22. The van der Waals surface area contributed by atoms with Crippen molar-refractivity contribution in [2.75, 3.05) is 0 Å². The number of hydrogen-bond acceptors (Lipinski definition) is 0. The second-order valence-electron chi connectivity index (χ2n) is 31.8. The smallest absolute Gasteiger partial charge is 0.0803 e. The Hall–Kier alpha value is -4.99. The van der Waals surface area contributed by atoms with Crippen LogP contribution in [0.15, 0.2) is 97.1 Å². The fourth-order valence-corrected chi connectivity index (χ4v) is 18.3. The van der Waals surface area contributed by atoms with Gasteiger partial charge < -0.3 is 8.80 Å². The predicted octanol–water partition coefficient (Wildman–Crippen LogP) is 18.7. The molecule has 0 spiro atoms. The third-order valence-corrected chi connectivity index (χ3v) is 25.5. The Bertz CT molecular complexity index is 3870. The highest BCUT2D eigenvalue weighted by Gasteiger charge is 2.36. The Balaban J connectivity index is 1.44. The molecule has 0 radical (unpaired) electrons. The van der Waals surface area contributed by atoms with Gasteiger partial charge in [-0.2, -0.15) is 0 Å². The highest BCUT2D eigenvalue weighted by molar-refractivity contribution is 6.94. The van der Waals surface area contributed by atoms with Gasteiger partial charge in [-0.3, -0.25) is 0 Å². The number of nitrogens with zero attached hydrogens (tertiary/aromatic N) is 2. The fourth-order valence-electron chi connectivity index (χ4n) is 12.6. The van der Waals surface area contributed by atoms with Gasteiger partial charge in [0.05, 0.1) is 65.4 Å². The van der Waals surface area contributed by atoms with Crippen molar-refractivity contribution >= 4 is 129 Å². The van der Waals surface area contributed by atoms with Crippen molar-refractivity contribution in [3.8, 4) is 22.3 Å². The summed E-state index contributed by atoms with van der Waals surface area (Å²) in [5.74, 6) is 0. The second kappa shape index (κ2) is 16.3. The summed E-state index contributed by atoms with van der Waals surface area (Å²) in [5.41, 5.74) is 19.2. The molecule has 0 saturated carbocycles. The maximum atomic E-state index is 2.80. The Morgan fingerprint density at radius 3 is 0.829 bits per heavy atom. The van der Waals surface area contributed by atoms with Gasteiger partial charge in [0.15, 0.2) is 0 Å². The zero-order valence-electron chi connectivity index (χ0n) is 51.1. The number of rotatable bonds is 6. The normalized spacial score (nSPS) is 14.3. The lowest BCUT2D eigenvalue weighted by Crippen LogP contribution is -2.45. The van der Waals surface area contributed by atoms with Gasteiger partial charge in [0, 0.05) is 43.1 Å². The SMILES string of the molecule is CC(C)(C)c1cc(-c2ccc3c(c2)c2c4c5cc([Si](C)(C)C)cc([Si](C)(C)C)c5n5c6ccc(-c7cc(C(C)(C)C)cc(C(C)(C)C)c7)cc6c(c6c7cc([Si](C)(C)C)cc([Si](C)(C)C)c7n3c26)c45)cc(C(C)(C)C)c1. The number of benzene rings is 7. The van der Waals surface area contributed by atoms with E-state index in [0.717, 1.165) is 0 Å². The van der Waals surface area contributed by atoms with E-state index in [2.05, 4.69) is 268 Å². The summed E-state index contributed by atoms with van der Waals surface area (Å²) in [5, 5.41) is 17.7. The third-order valence-electron chi connectivity index (χ3n) is 17.5. The highest BCUT2D eigenvalue weighted by atomic mass is 28.3. The largest absolute Gasteiger partial charge is 0.308 e. The lowest BCUT2D eigenvalue weighted by atomic mass is 9.79. The van der Waals surface area contributed by atoms with Crippen LogP contribution in [0.3, 0.4) is 0 Å².